The lowest BCUT2D eigenvalue weighted by atomic mass is 9.82. The van der Waals surface area contributed by atoms with E-state index in [0.717, 1.165) is 23.3 Å². The molecule has 5 nitrogen and oxygen atoms in total. The Labute approximate surface area is 135 Å². The first-order valence-electron chi connectivity index (χ1n) is 8.00. The van der Waals surface area contributed by atoms with E-state index in [9.17, 15) is 0 Å². The average Bonchev–Trinajstić information content (AvgIpc) is 2.84. The molecule has 2 rings (SSSR count). The van der Waals surface area contributed by atoms with Gasteiger partial charge in [-0.2, -0.15) is 0 Å². The molecule has 0 spiro atoms. The van der Waals surface area contributed by atoms with E-state index in [-0.39, 0.29) is 12.1 Å². The van der Waals surface area contributed by atoms with Crippen molar-refractivity contribution in [1.29, 1.82) is 0 Å². The van der Waals surface area contributed by atoms with Crippen LogP contribution in [0.15, 0.2) is 4.60 Å². The third-order valence-corrected chi connectivity index (χ3v) is 5.02. The molecule has 1 heterocycles. The lowest BCUT2D eigenvalue weighted by molar-refractivity contribution is 0.00543. The topological polar surface area (TPSA) is 52.0 Å². The van der Waals surface area contributed by atoms with Gasteiger partial charge in [0, 0.05) is 14.2 Å². The van der Waals surface area contributed by atoms with Gasteiger partial charge >= 0.3 is 0 Å². The monoisotopic (exact) mass is 358 g/mol. The van der Waals surface area contributed by atoms with Crippen LogP contribution >= 0.6 is 15.9 Å². The summed E-state index contributed by atoms with van der Waals surface area (Å²) in [4.78, 5) is 0. The number of ether oxygens (including phenoxy) is 1. The SMILES string of the molecule is CCCNC(c1c(Br)nnn1C)C(OC)C1CCCCC1. The molecule has 0 aliphatic heterocycles. The van der Waals surface area contributed by atoms with E-state index in [1.54, 1.807) is 0 Å². The number of rotatable bonds is 7. The van der Waals surface area contributed by atoms with E-state index >= 15 is 0 Å². The Bertz CT molecular complexity index is 412. The zero-order chi connectivity index (χ0) is 15.2. The molecule has 2 atom stereocenters. The number of methoxy groups -OCH3 is 1. The van der Waals surface area contributed by atoms with E-state index in [1.165, 1.54) is 32.1 Å². The standard InChI is InChI=1S/C15H27BrN4O/c1-4-10-17-12(13-15(16)18-19-20(13)2)14(21-3)11-8-6-5-7-9-11/h11-12,14,17H,4-10H2,1-3H3. The summed E-state index contributed by atoms with van der Waals surface area (Å²) >= 11 is 3.54. The van der Waals surface area contributed by atoms with Gasteiger partial charge in [0.1, 0.15) is 0 Å². The maximum Gasteiger partial charge on any atom is 0.153 e. The molecule has 1 aliphatic carbocycles. The van der Waals surface area contributed by atoms with Gasteiger partial charge in [-0.25, -0.2) is 4.68 Å². The normalized spacial score (nSPS) is 19.6. The van der Waals surface area contributed by atoms with Crippen LogP contribution in [-0.4, -0.2) is 34.8 Å². The molecule has 1 fully saturated rings. The van der Waals surface area contributed by atoms with E-state index in [0.29, 0.717) is 5.92 Å². The number of aromatic nitrogens is 3. The molecule has 0 bridgehead atoms. The summed E-state index contributed by atoms with van der Waals surface area (Å²) in [6.45, 7) is 3.15. The molecule has 2 unspecified atom stereocenters. The van der Waals surface area contributed by atoms with Crippen molar-refractivity contribution in [2.75, 3.05) is 13.7 Å². The highest BCUT2D eigenvalue weighted by atomic mass is 79.9. The van der Waals surface area contributed by atoms with E-state index in [1.807, 2.05) is 18.8 Å². The third-order valence-electron chi connectivity index (χ3n) is 4.45. The molecule has 1 aromatic rings. The Morgan fingerprint density at radius 1 is 1.38 bits per heavy atom. The van der Waals surface area contributed by atoms with E-state index in [4.69, 9.17) is 4.74 Å². The summed E-state index contributed by atoms with van der Waals surface area (Å²) in [5.74, 6) is 0.611. The number of hydrogen-bond donors (Lipinski definition) is 1. The summed E-state index contributed by atoms with van der Waals surface area (Å²) < 4.78 is 8.60. The predicted octanol–water partition coefficient (Wildman–Crippen LogP) is 3.21. The Morgan fingerprint density at radius 3 is 2.62 bits per heavy atom. The maximum absolute atomic E-state index is 5.93. The predicted molar refractivity (Wildman–Crippen MR) is 87.1 cm³/mol. The van der Waals surface area contributed by atoms with Crippen molar-refractivity contribution in [3.8, 4) is 0 Å². The lowest BCUT2D eigenvalue weighted by Gasteiger charge is -2.35. The second-order valence-corrected chi connectivity index (χ2v) is 6.67. The van der Waals surface area contributed by atoms with Gasteiger partial charge in [0.05, 0.1) is 17.8 Å². The Morgan fingerprint density at radius 2 is 2.10 bits per heavy atom. The minimum Gasteiger partial charge on any atom is -0.379 e. The molecule has 21 heavy (non-hydrogen) atoms. The Balaban J connectivity index is 2.24. The quantitative estimate of drug-likeness (QED) is 0.812. The number of nitrogens with zero attached hydrogens (tertiary/aromatic N) is 3. The summed E-state index contributed by atoms with van der Waals surface area (Å²) in [7, 11) is 3.78. The molecule has 0 saturated heterocycles. The van der Waals surface area contributed by atoms with Crippen LogP contribution in [0, 0.1) is 5.92 Å². The molecular weight excluding hydrogens is 332 g/mol. The van der Waals surface area contributed by atoms with Crippen LogP contribution in [0.25, 0.3) is 0 Å². The van der Waals surface area contributed by atoms with Crippen LogP contribution in [0.2, 0.25) is 0 Å². The summed E-state index contributed by atoms with van der Waals surface area (Å²) in [6, 6.07) is 0.132. The minimum atomic E-state index is 0.132. The molecule has 1 N–H and O–H groups in total. The van der Waals surface area contributed by atoms with E-state index < -0.39 is 0 Å². The average molecular weight is 359 g/mol. The van der Waals surface area contributed by atoms with Crippen molar-refractivity contribution in [2.24, 2.45) is 13.0 Å². The molecule has 6 heteroatoms. The number of halogens is 1. The smallest absolute Gasteiger partial charge is 0.153 e. The van der Waals surface area contributed by atoms with Crippen molar-refractivity contribution in [3.63, 3.8) is 0 Å². The van der Waals surface area contributed by atoms with Crippen LogP contribution in [0.3, 0.4) is 0 Å². The third kappa shape index (κ3) is 4.05. The summed E-state index contributed by atoms with van der Waals surface area (Å²) in [5, 5.41) is 11.9. The first-order valence-corrected chi connectivity index (χ1v) is 8.79. The second kappa shape index (κ2) is 8.25. The van der Waals surface area contributed by atoms with Crippen molar-refractivity contribution in [2.45, 2.75) is 57.6 Å². The van der Waals surface area contributed by atoms with Gasteiger partial charge in [0.2, 0.25) is 0 Å². The Kier molecular flexibility index (Phi) is 6.64. The minimum absolute atomic E-state index is 0.132. The first kappa shape index (κ1) is 16.9. The highest BCUT2D eigenvalue weighted by molar-refractivity contribution is 9.10. The van der Waals surface area contributed by atoms with Crippen LogP contribution in [-0.2, 0) is 11.8 Å². The maximum atomic E-state index is 5.93. The molecule has 1 aromatic heterocycles. The van der Waals surface area contributed by atoms with Gasteiger partial charge in [-0.15, -0.1) is 5.10 Å². The van der Waals surface area contributed by atoms with Gasteiger partial charge in [-0.05, 0) is 47.7 Å². The largest absolute Gasteiger partial charge is 0.379 e. The highest BCUT2D eigenvalue weighted by Crippen LogP contribution is 2.35. The fourth-order valence-corrected chi connectivity index (χ4v) is 3.97. The molecular formula is C15H27BrN4O. The van der Waals surface area contributed by atoms with Crippen molar-refractivity contribution < 1.29 is 4.74 Å². The number of aryl methyl sites for hydroxylation is 1. The van der Waals surface area contributed by atoms with Crippen LogP contribution < -0.4 is 5.32 Å². The summed E-state index contributed by atoms with van der Waals surface area (Å²) in [6.07, 6.45) is 7.77. The van der Waals surface area contributed by atoms with Crippen LogP contribution in [0.5, 0.6) is 0 Å². The molecule has 0 amide bonds. The fraction of sp³-hybridized carbons (Fsp3) is 0.867. The van der Waals surface area contributed by atoms with E-state index in [2.05, 4.69) is 38.5 Å². The van der Waals surface area contributed by atoms with Gasteiger partial charge in [-0.1, -0.05) is 31.4 Å². The zero-order valence-electron chi connectivity index (χ0n) is 13.3. The van der Waals surface area contributed by atoms with Gasteiger partial charge in [0.25, 0.3) is 0 Å². The highest BCUT2D eigenvalue weighted by Gasteiger charge is 2.34. The molecule has 120 valence electrons. The van der Waals surface area contributed by atoms with Gasteiger partial charge in [-0.3, -0.25) is 0 Å². The first-order chi connectivity index (χ1) is 10.2. The number of hydrogen-bond acceptors (Lipinski definition) is 4. The lowest BCUT2D eigenvalue weighted by Crippen LogP contribution is -2.40. The van der Waals surface area contributed by atoms with Crippen LogP contribution in [0.4, 0.5) is 0 Å². The van der Waals surface area contributed by atoms with Gasteiger partial charge in [0.15, 0.2) is 4.60 Å². The van der Waals surface area contributed by atoms with Crippen LogP contribution in [0.1, 0.15) is 57.2 Å². The van der Waals surface area contributed by atoms with Crippen molar-refractivity contribution >= 4 is 15.9 Å². The second-order valence-electron chi connectivity index (χ2n) is 5.92. The van der Waals surface area contributed by atoms with Crippen molar-refractivity contribution in [1.82, 2.24) is 20.3 Å². The zero-order valence-corrected chi connectivity index (χ0v) is 14.9. The van der Waals surface area contributed by atoms with Gasteiger partial charge < -0.3 is 10.1 Å². The number of nitrogens with one attached hydrogen (secondary N) is 1. The fourth-order valence-electron chi connectivity index (χ4n) is 3.40. The molecule has 0 aromatic carbocycles. The van der Waals surface area contributed by atoms with Crippen molar-refractivity contribution in [3.05, 3.63) is 10.3 Å². The summed E-state index contributed by atoms with van der Waals surface area (Å²) in [5.41, 5.74) is 1.08. The molecule has 1 aliphatic rings. The molecule has 1 saturated carbocycles. The molecule has 0 radical (unpaired) electrons. The Hall–Kier alpha value is -0.460.